The molecular formula is C14H21ClN2O4. The van der Waals surface area contributed by atoms with Crippen LogP contribution in [-0.4, -0.2) is 46.1 Å². The second kappa shape index (κ2) is 8.71. The second-order valence-corrected chi connectivity index (χ2v) is 4.75. The number of halogens is 1. The Labute approximate surface area is 129 Å². The van der Waals surface area contributed by atoms with Crippen molar-refractivity contribution < 1.29 is 19.0 Å². The molecule has 0 aromatic heterocycles. The van der Waals surface area contributed by atoms with E-state index in [2.05, 4.69) is 5.32 Å². The van der Waals surface area contributed by atoms with E-state index in [-0.39, 0.29) is 12.7 Å². The lowest BCUT2D eigenvalue weighted by Gasteiger charge is -2.18. The molecule has 3 N–H and O–H groups in total. The van der Waals surface area contributed by atoms with Crippen LogP contribution in [0.15, 0.2) is 12.1 Å². The fourth-order valence-electron chi connectivity index (χ4n) is 1.79. The second-order valence-electron chi connectivity index (χ2n) is 4.34. The number of nitrogen functional groups attached to an aromatic ring is 1. The summed E-state index contributed by atoms with van der Waals surface area (Å²) in [6.07, 6.45) is -0.168. The smallest absolute Gasteiger partial charge is 0.340 e. The Morgan fingerprint density at radius 1 is 1.43 bits per heavy atom. The Morgan fingerprint density at radius 2 is 2.14 bits per heavy atom. The fraction of sp³-hybridized carbons (Fsp3) is 0.500. The molecule has 0 bridgehead atoms. The highest BCUT2D eigenvalue weighted by Gasteiger charge is 2.18. The Morgan fingerprint density at radius 3 is 2.71 bits per heavy atom. The van der Waals surface area contributed by atoms with Gasteiger partial charge in [0.15, 0.2) is 0 Å². The highest BCUT2D eigenvalue weighted by molar-refractivity contribution is 6.34. The first-order valence-corrected chi connectivity index (χ1v) is 6.93. The SMILES string of the molecule is CCOC(=O)c1cc(N)cc(Cl)c1NCC(COC)OC. The molecular weight excluding hydrogens is 296 g/mol. The summed E-state index contributed by atoms with van der Waals surface area (Å²) in [5, 5.41) is 3.44. The van der Waals surface area contributed by atoms with Gasteiger partial charge in [0, 0.05) is 26.5 Å². The van der Waals surface area contributed by atoms with Crippen LogP contribution in [0.2, 0.25) is 5.02 Å². The number of methoxy groups -OCH3 is 2. The molecule has 0 amide bonds. The molecule has 0 aliphatic carbocycles. The minimum absolute atomic E-state index is 0.168. The Kier molecular flexibility index (Phi) is 7.28. The van der Waals surface area contributed by atoms with E-state index in [4.69, 9.17) is 31.5 Å². The topological polar surface area (TPSA) is 82.8 Å². The van der Waals surface area contributed by atoms with Crippen molar-refractivity contribution in [2.45, 2.75) is 13.0 Å². The van der Waals surface area contributed by atoms with Gasteiger partial charge in [0.1, 0.15) is 0 Å². The lowest BCUT2D eigenvalue weighted by molar-refractivity contribution is 0.0365. The molecule has 0 aliphatic heterocycles. The summed E-state index contributed by atoms with van der Waals surface area (Å²) in [4.78, 5) is 12.0. The number of esters is 1. The minimum Gasteiger partial charge on any atom is -0.462 e. The van der Waals surface area contributed by atoms with E-state index in [1.807, 2.05) is 0 Å². The minimum atomic E-state index is -0.477. The van der Waals surface area contributed by atoms with Gasteiger partial charge in [-0.05, 0) is 19.1 Å². The van der Waals surface area contributed by atoms with Crippen LogP contribution in [0, 0.1) is 0 Å². The number of nitrogens with one attached hydrogen (secondary N) is 1. The van der Waals surface area contributed by atoms with E-state index in [0.29, 0.717) is 35.1 Å². The summed E-state index contributed by atoms with van der Waals surface area (Å²) in [5.41, 5.74) is 6.90. The first-order chi connectivity index (χ1) is 10.0. The molecule has 0 saturated heterocycles. The van der Waals surface area contributed by atoms with Crippen molar-refractivity contribution in [2.24, 2.45) is 0 Å². The molecule has 21 heavy (non-hydrogen) atoms. The molecule has 1 atom stereocenters. The van der Waals surface area contributed by atoms with Gasteiger partial charge in [-0.1, -0.05) is 11.6 Å². The normalized spacial score (nSPS) is 12.0. The van der Waals surface area contributed by atoms with Crippen molar-refractivity contribution in [3.63, 3.8) is 0 Å². The molecule has 1 rings (SSSR count). The Bertz CT molecular complexity index is 482. The van der Waals surface area contributed by atoms with Gasteiger partial charge < -0.3 is 25.3 Å². The van der Waals surface area contributed by atoms with E-state index < -0.39 is 5.97 Å². The molecule has 0 spiro atoms. The molecule has 0 radical (unpaired) electrons. The molecule has 118 valence electrons. The van der Waals surface area contributed by atoms with Gasteiger partial charge in [-0.25, -0.2) is 4.79 Å². The average Bonchev–Trinajstić information content (AvgIpc) is 2.44. The van der Waals surface area contributed by atoms with Crippen molar-refractivity contribution in [2.75, 3.05) is 45.0 Å². The summed E-state index contributed by atoms with van der Waals surface area (Å²) >= 11 is 6.16. The molecule has 0 fully saturated rings. The third-order valence-electron chi connectivity index (χ3n) is 2.80. The van der Waals surface area contributed by atoms with Gasteiger partial charge in [-0.15, -0.1) is 0 Å². The number of carbonyl (C=O) groups excluding carboxylic acids is 1. The maximum absolute atomic E-state index is 12.0. The van der Waals surface area contributed by atoms with Crippen LogP contribution in [-0.2, 0) is 14.2 Å². The number of hydrogen-bond donors (Lipinski definition) is 2. The third-order valence-corrected chi connectivity index (χ3v) is 3.10. The van der Waals surface area contributed by atoms with Crippen LogP contribution in [0.25, 0.3) is 0 Å². The fourth-order valence-corrected chi connectivity index (χ4v) is 2.08. The molecule has 7 heteroatoms. The quantitative estimate of drug-likeness (QED) is 0.565. The van der Waals surface area contributed by atoms with E-state index in [1.165, 1.54) is 6.07 Å². The molecule has 6 nitrogen and oxygen atoms in total. The predicted molar refractivity (Wildman–Crippen MR) is 83.0 cm³/mol. The van der Waals surface area contributed by atoms with Crippen LogP contribution in [0.1, 0.15) is 17.3 Å². The van der Waals surface area contributed by atoms with Crippen LogP contribution < -0.4 is 11.1 Å². The summed E-state index contributed by atoms with van der Waals surface area (Å²) in [7, 11) is 3.18. The lowest BCUT2D eigenvalue weighted by Crippen LogP contribution is -2.27. The maximum Gasteiger partial charge on any atom is 0.340 e. The van der Waals surface area contributed by atoms with Crippen LogP contribution in [0.4, 0.5) is 11.4 Å². The van der Waals surface area contributed by atoms with Crippen molar-refractivity contribution in [1.29, 1.82) is 0 Å². The first kappa shape index (κ1) is 17.6. The molecule has 1 unspecified atom stereocenters. The van der Waals surface area contributed by atoms with Gasteiger partial charge in [0.25, 0.3) is 0 Å². The summed E-state index contributed by atoms with van der Waals surface area (Å²) in [6, 6.07) is 3.11. The standard InChI is InChI=1S/C14H21ClN2O4/c1-4-21-14(18)11-5-9(16)6-12(15)13(11)17-7-10(20-3)8-19-2/h5-6,10,17H,4,7-8,16H2,1-3H3. The molecule has 0 aliphatic rings. The zero-order valence-electron chi connectivity index (χ0n) is 12.4. The van der Waals surface area contributed by atoms with Crippen molar-refractivity contribution in [3.8, 4) is 0 Å². The van der Waals surface area contributed by atoms with Gasteiger partial charge >= 0.3 is 5.97 Å². The highest BCUT2D eigenvalue weighted by Crippen LogP contribution is 2.30. The van der Waals surface area contributed by atoms with Gasteiger partial charge in [0.05, 0.1) is 35.6 Å². The number of ether oxygens (including phenoxy) is 3. The number of hydrogen-bond acceptors (Lipinski definition) is 6. The maximum atomic E-state index is 12.0. The van der Waals surface area contributed by atoms with Gasteiger partial charge in [-0.2, -0.15) is 0 Å². The highest BCUT2D eigenvalue weighted by atomic mass is 35.5. The number of carbonyl (C=O) groups is 1. The van der Waals surface area contributed by atoms with Crippen LogP contribution in [0.3, 0.4) is 0 Å². The summed E-state index contributed by atoms with van der Waals surface area (Å²) in [5.74, 6) is -0.477. The number of anilines is 2. The summed E-state index contributed by atoms with van der Waals surface area (Å²) < 4.78 is 15.3. The monoisotopic (exact) mass is 316 g/mol. The molecule has 0 saturated carbocycles. The van der Waals surface area contributed by atoms with Crippen molar-refractivity contribution in [3.05, 3.63) is 22.7 Å². The Hall–Kier alpha value is -1.50. The summed E-state index contributed by atoms with van der Waals surface area (Å²) in [6.45, 7) is 2.86. The average molecular weight is 317 g/mol. The number of rotatable bonds is 8. The van der Waals surface area contributed by atoms with E-state index in [0.717, 1.165) is 0 Å². The number of benzene rings is 1. The van der Waals surface area contributed by atoms with E-state index in [9.17, 15) is 4.79 Å². The van der Waals surface area contributed by atoms with Gasteiger partial charge in [-0.3, -0.25) is 0 Å². The largest absolute Gasteiger partial charge is 0.462 e. The van der Waals surface area contributed by atoms with Gasteiger partial charge in [0.2, 0.25) is 0 Å². The molecule has 1 aromatic carbocycles. The Balaban J connectivity index is 2.96. The molecule has 1 aromatic rings. The zero-order valence-corrected chi connectivity index (χ0v) is 13.2. The predicted octanol–water partition coefficient (Wildman–Crippen LogP) is 2.17. The third kappa shape index (κ3) is 5.08. The van der Waals surface area contributed by atoms with Crippen LogP contribution in [0.5, 0.6) is 0 Å². The zero-order chi connectivity index (χ0) is 15.8. The van der Waals surface area contributed by atoms with Crippen molar-refractivity contribution >= 4 is 28.9 Å². The first-order valence-electron chi connectivity index (χ1n) is 6.55. The lowest BCUT2D eigenvalue weighted by atomic mass is 10.1. The molecule has 0 heterocycles. The number of nitrogens with two attached hydrogens (primary N) is 1. The van der Waals surface area contributed by atoms with E-state index in [1.54, 1.807) is 27.2 Å². The van der Waals surface area contributed by atoms with E-state index >= 15 is 0 Å². The van der Waals surface area contributed by atoms with Crippen LogP contribution >= 0.6 is 11.6 Å². The van der Waals surface area contributed by atoms with Crippen molar-refractivity contribution in [1.82, 2.24) is 0 Å².